The van der Waals surface area contributed by atoms with Gasteiger partial charge in [0.25, 0.3) is 0 Å². The molecule has 0 spiro atoms. The molecule has 118 valence electrons. The van der Waals surface area contributed by atoms with Crippen molar-refractivity contribution in [2.75, 3.05) is 0 Å². The van der Waals surface area contributed by atoms with Crippen molar-refractivity contribution >= 4 is 16.1 Å². The molecule has 0 aromatic heterocycles. The van der Waals surface area contributed by atoms with Crippen molar-refractivity contribution < 1.29 is 75.8 Å². The van der Waals surface area contributed by atoms with E-state index in [4.69, 9.17) is 0 Å². The molecule has 2 rings (SSSR count). The molecular weight excluding hydrogens is 457 g/mol. The van der Waals surface area contributed by atoms with Crippen molar-refractivity contribution in [1.82, 2.24) is 0 Å². The summed E-state index contributed by atoms with van der Waals surface area (Å²) in [6.07, 6.45) is 9.55. The molecule has 0 aliphatic heterocycles. The van der Waals surface area contributed by atoms with Gasteiger partial charge in [-0.25, -0.2) is 0 Å². The van der Waals surface area contributed by atoms with Crippen molar-refractivity contribution in [1.29, 1.82) is 0 Å². The monoisotopic (exact) mass is 476 g/mol. The van der Waals surface area contributed by atoms with Crippen LogP contribution in [0, 0.1) is 0 Å². The Morgan fingerprint density at radius 1 is 0.667 bits per heavy atom. The zero-order chi connectivity index (χ0) is 12.1. The molecule has 21 heavy (non-hydrogen) atoms. The van der Waals surface area contributed by atoms with Gasteiger partial charge >= 0.3 is 26.2 Å². The van der Waals surface area contributed by atoms with Gasteiger partial charge in [0.15, 0.2) is 0 Å². The van der Waals surface area contributed by atoms with E-state index in [-0.39, 0.29) is 75.8 Å². The van der Waals surface area contributed by atoms with E-state index in [0.717, 1.165) is 0 Å². The molecule has 0 saturated carbocycles. The van der Waals surface area contributed by atoms with Gasteiger partial charge in [-0.05, 0) is 11.1 Å². The average Bonchev–Trinajstić information content (AvgIpc) is 2.53. The van der Waals surface area contributed by atoms with Gasteiger partial charge in [0.05, 0.1) is 16.1 Å². The summed E-state index contributed by atoms with van der Waals surface area (Å²) in [4.78, 5) is 0. The number of hydrogen-bond acceptors (Lipinski definition) is 0. The number of hydrogen-bond donors (Lipinski definition) is 0. The quantitative estimate of drug-likeness (QED) is 0.346. The SMILES string of the molecule is C[Si](C)(C)C1=CC2=C([Si](C)(C)C)C=CC2=C1.[Cl-].[Cl-].[Cl-].[Cl-].[Zr+4]. The molecule has 0 radical (unpaired) electrons. The van der Waals surface area contributed by atoms with Gasteiger partial charge in [0, 0.05) is 0 Å². The zero-order valence-corrected chi connectivity index (χ0v) is 20.8. The Balaban J connectivity index is -0.000000289. The van der Waals surface area contributed by atoms with Gasteiger partial charge in [-0.15, -0.1) is 0 Å². The van der Waals surface area contributed by atoms with Gasteiger partial charge in [-0.2, -0.15) is 0 Å². The van der Waals surface area contributed by atoms with Crippen LogP contribution < -0.4 is 49.6 Å². The van der Waals surface area contributed by atoms with E-state index >= 15 is 0 Å². The summed E-state index contributed by atoms with van der Waals surface area (Å²) >= 11 is 0. The Morgan fingerprint density at radius 3 is 1.52 bits per heavy atom. The molecule has 0 heterocycles. The molecule has 0 aromatic rings. The maximum Gasteiger partial charge on any atom is 4.00 e. The smallest absolute Gasteiger partial charge is 1.00 e. The van der Waals surface area contributed by atoms with Crippen molar-refractivity contribution in [3.8, 4) is 0 Å². The molecule has 2 aliphatic rings. The predicted molar refractivity (Wildman–Crippen MR) is 79.0 cm³/mol. The van der Waals surface area contributed by atoms with E-state index in [0.29, 0.717) is 0 Å². The molecule has 0 saturated heterocycles. The zero-order valence-electron chi connectivity index (χ0n) is 13.3. The fourth-order valence-electron chi connectivity index (χ4n) is 2.25. The minimum absolute atomic E-state index is 0. The van der Waals surface area contributed by atoms with E-state index in [1.54, 1.807) is 10.4 Å². The normalized spacial score (nSPS) is 15.3. The third-order valence-electron chi connectivity index (χ3n) is 3.32. The standard InChI is InChI=1S/C14H22Si2.4ClH.Zr/c1-15(2,3)12-9-11-7-8-14(13(11)10-12)16(4,5)6;;;;;/h7-10H,1-6H3;4*1H;/q;;;;;+4/p-4. The van der Waals surface area contributed by atoms with Gasteiger partial charge in [-0.1, -0.05) is 74.0 Å². The molecule has 7 heteroatoms. The second-order valence-corrected chi connectivity index (χ2v) is 17.0. The topological polar surface area (TPSA) is 0 Å². The first-order valence-electron chi connectivity index (χ1n) is 6.07. The Labute approximate surface area is 175 Å². The Morgan fingerprint density at radius 2 is 1.14 bits per heavy atom. The third kappa shape index (κ3) is 6.83. The van der Waals surface area contributed by atoms with Crippen LogP contribution in [0.1, 0.15) is 0 Å². The Kier molecular flexibility index (Phi) is 14.9. The minimum Gasteiger partial charge on any atom is -1.00 e. The molecule has 2 aliphatic carbocycles. The number of fused-ring (bicyclic) bond motifs is 1. The first-order valence-corrected chi connectivity index (χ1v) is 13.1. The fraction of sp³-hybridized carbons (Fsp3) is 0.429. The van der Waals surface area contributed by atoms with Crippen LogP contribution in [0.3, 0.4) is 0 Å². The van der Waals surface area contributed by atoms with Crippen LogP contribution in [-0.4, -0.2) is 16.1 Å². The largest absolute Gasteiger partial charge is 4.00 e. The van der Waals surface area contributed by atoms with Gasteiger partial charge < -0.3 is 49.6 Å². The van der Waals surface area contributed by atoms with Gasteiger partial charge in [0.1, 0.15) is 0 Å². The summed E-state index contributed by atoms with van der Waals surface area (Å²) < 4.78 is 0. The second kappa shape index (κ2) is 10.3. The van der Waals surface area contributed by atoms with Crippen molar-refractivity contribution in [3.05, 3.63) is 45.8 Å². The summed E-state index contributed by atoms with van der Waals surface area (Å²) in [5.74, 6) is 0. The van der Waals surface area contributed by atoms with Crippen LogP contribution in [0.15, 0.2) is 45.8 Å². The average molecular weight is 480 g/mol. The van der Waals surface area contributed by atoms with E-state index in [1.807, 2.05) is 0 Å². The molecule has 0 atom stereocenters. The molecule has 0 fully saturated rings. The Hall–Kier alpha value is 1.44. The fourth-order valence-corrected chi connectivity index (χ4v) is 5.02. The van der Waals surface area contributed by atoms with E-state index < -0.39 is 16.1 Å². The van der Waals surface area contributed by atoms with Crippen molar-refractivity contribution in [2.45, 2.75) is 39.3 Å². The van der Waals surface area contributed by atoms with Crippen LogP contribution in [0.5, 0.6) is 0 Å². The van der Waals surface area contributed by atoms with Gasteiger partial charge in [0.2, 0.25) is 0 Å². The van der Waals surface area contributed by atoms with Crippen LogP contribution in [0.2, 0.25) is 39.3 Å². The molecule has 0 N–H and O–H groups in total. The summed E-state index contributed by atoms with van der Waals surface area (Å²) in [6, 6.07) is 0. The van der Waals surface area contributed by atoms with Crippen LogP contribution >= 0.6 is 0 Å². The molecule has 0 amide bonds. The number of rotatable bonds is 2. The first-order chi connectivity index (χ1) is 7.19. The first kappa shape index (κ1) is 30.3. The molecule has 0 bridgehead atoms. The summed E-state index contributed by atoms with van der Waals surface area (Å²) in [5.41, 5.74) is 3.01. The maximum absolute atomic E-state index is 2.47. The predicted octanol–water partition coefficient (Wildman–Crippen LogP) is -7.51. The molecule has 0 unspecified atom stereocenters. The summed E-state index contributed by atoms with van der Waals surface area (Å²) in [7, 11) is -2.32. The van der Waals surface area contributed by atoms with E-state index in [1.165, 1.54) is 11.1 Å². The molecule has 0 nitrogen and oxygen atoms in total. The van der Waals surface area contributed by atoms with Crippen LogP contribution in [0.4, 0.5) is 0 Å². The molecular formula is C14H22Cl4Si2Zr. The third-order valence-corrected chi connectivity index (χ3v) is 7.39. The van der Waals surface area contributed by atoms with E-state index in [9.17, 15) is 0 Å². The summed E-state index contributed by atoms with van der Waals surface area (Å²) in [5, 5.41) is 3.24. The molecule has 0 aromatic carbocycles. The second-order valence-electron chi connectivity index (χ2n) is 6.86. The van der Waals surface area contributed by atoms with Gasteiger partial charge in [-0.3, -0.25) is 0 Å². The van der Waals surface area contributed by atoms with Crippen LogP contribution in [0.25, 0.3) is 0 Å². The van der Waals surface area contributed by atoms with Crippen molar-refractivity contribution in [2.24, 2.45) is 0 Å². The number of allylic oxidation sites excluding steroid dienone is 8. The minimum atomic E-state index is -1.18. The van der Waals surface area contributed by atoms with Crippen molar-refractivity contribution in [3.63, 3.8) is 0 Å². The number of halogens is 4. The van der Waals surface area contributed by atoms with Crippen LogP contribution in [-0.2, 0) is 26.2 Å². The maximum atomic E-state index is 2.47. The Bertz CT molecular complexity index is 466. The van der Waals surface area contributed by atoms with E-state index in [2.05, 4.69) is 63.6 Å². The summed E-state index contributed by atoms with van der Waals surface area (Å²) in [6.45, 7) is 14.6.